The van der Waals surface area contributed by atoms with Crippen molar-refractivity contribution in [3.63, 3.8) is 0 Å². The fourth-order valence-corrected chi connectivity index (χ4v) is 3.99. The van der Waals surface area contributed by atoms with Crippen molar-refractivity contribution in [2.24, 2.45) is 29.6 Å². The first kappa shape index (κ1) is 12.4. The van der Waals surface area contributed by atoms with Gasteiger partial charge in [0.25, 0.3) is 0 Å². The lowest BCUT2D eigenvalue weighted by Crippen LogP contribution is -2.33. The van der Waals surface area contributed by atoms with Crippen LogP contribution in [-0.2, 0) is 0 Å². The Balaban J connectivity index is 2.12. The van der Waals surface area contributed by atoms with Crippen molar-refractivity contribution < 1.29 is 10.2 Å². The molecule has 6 atom stereocenters. The maximum Gasteiger partial charge on any atom is 0.0566 e. The van der Waals surface area contributed by atoms with Crippen LogP contribution in [0.1, 0.15) is 46.0 Å². The Bertz CT molecular complexity index is 229. The van der Waals surface area contributed by atoms with Gasteiger partial charge in [0.1, 0.15) is 0 Å². The molecule has 0 heterocycles. The molecule has 2 aliphatic carbocycles. The van der Waals surface area contributed by atoms with Gasteiger partial charge in [-0.05, 0) is 55.3 Å². The summed E-state index contributed by atoms with van der Waals surface area (Å²) in [6.45, 7) is 4.85. The highest BCUT2D eigenvalue weighted by atomic mass is 16.3. The van der Waals surface area contributed by atoms with Crippen molar-refractivity contribution in [3.8, 4) is 0 Å². The predicted octanol–water partition coefficient (Wildman–Crippen LogP) is 2.44. The van der Waals surface area contributed by atoms with Crippen LogP contribution in [0.4, 0.5) is 0 Å². The monoisotopic (exact) mass is 226 g/mol. The molecular weight excluding hydrogens is 200 g/mol. The molecule has 0 saturated heterocycles. The minimum absolute atomic E-state index is 0.150. The van der Waals surface area contributed by atoms with Crippen LogP contribution < -0.4 is 0 Å². The van der Waals surface area contributed by atoms with Gasteiger partial charge in [-0.15, -0.1) is 0 Å². The highest BCUT2D eigenvalue weighted by Crippen LogP contribution is 2.47. The van der Waals surface area contributed by atoms with Gasteiger partial charge in [0, 0.05) is 6.61 Å². The highest BCUT2D eigenvalue weighted by Gasteiger charge is 2.40. The lowest BCUT2D eigenvalue weighted by Gasteiger charge is -2.36. The molecule has 2 rings (SSSR count). The zero-order valence-electron chi connectivity index (χ0n) is 10.6. The molecule has 0 unspecified atom stereocenters. The topological polar surface area (TPSA) is 40.5 Å². The Labute approximate surface area is 99.1 Å². The molecule has 2 nitrogen and oxygen atoms in total. The fraction of sp³-hybridized carbons (Fsp3) is 1.00. The Morgan fingerprint density at radius 2 is 1.69 bits per heavy atom. The third kappa shape index (κ3) is 2.28. The number of aliphatic hydroxyl groups excluding tert-OH is 2. The third-order valence-electron chi connectivity index (χ3n) is 5.21. The number of hydrogen-bond acceptors (Lipinski definition) is 2. The van der Waals surface area contributed by atoms with Crippen LogP contribution >= 0.6 is 0 Å². The molecule has 2 N–H and O–H groups in total. The molecule has 2 aliphatic rings. The Morgan fingerprint density at radius 3 is 2.38 bits per heavy atom. The highest BCUT2D eigenvalue weighted by molar-refractivity contribution is 4.90. The molecule has 0 radical (unpaired) electrons. The summed E-state index contributed by atoms with van der Waals surface area (Å²) in [6, 6.07) is 0. The molecular formula is C14H26O2. The maximum absolute atomic E-state index is 10.0. The zero-order chi connectivity index (χ0) is 11.7. The van der Waals surface area contributed by atoms with E-state index in [9.17, 15) is 10.2 Å². The second-order valence-electron chi connectivity index (χ2n) is 6.18. The van der Waals surface area contributed by atoms with Gasteiger partial charge in [-0.25, -0.2) is 0 Å². The zero-order valence-corrected chi connectivity index (χ0v) is 10.6. The standard InChI is InChI=1S/C14H26O2/c1-9-3-5-12-11(8-15)4-6-14(16)10(2)7-13(9)12/h9-16H,3-8H2,1-2H3/t9-,10+,11+,12+,13+,14+/m0/s1. The Morgan fingerprint density at radius 1 is 0.938 bits per heavy atom. The SMILES string of the molecule is C[C@@H]1C[C@H]2[C@H](CC[C@@H]2C)[C@@H](CO)CC[C@H]1O. The Kier molecular flexibility index (Phi) is 3.91. The lowest BCUT2D eigenvalue weighted by molar-refractivity contribution is 0.0322. The van der Waals surface area contributed by atoms with Crippen LogP contribution in [-0.4, -0.2) is 22.9 Å². The molecule has 0 bridgehead atoms. The van der Waals surface area contributed by atoms with E-state index in [2.05, 4.69) is 13.8 Å². The number of fused-ring (bicyclic) bond motifs is 1. The molecule has 0 aromatic heterocycles. The van der Waals surface area contributed by atoms with Gasteiger partial charge in [-0.1, -0.05) is 20.3 Å². The van der Waals surface area contributed by atoms with Gasteiger partial charge in [-0.3, -0.25) is 0 Å². The normalized spacial score (nSPS) is 49.5. The molecule has 2 fully saturated rings. The predicted molar refractivity (Wildman–Crippen MR) is 65.0 cm³/mol. The van der Waals surface area contributed by atoms with Crippen molar-refractivity contribution >= 4 is 0 Å². The second-order valence-corrected chi connectivity index (χ2v) is 6.18. The summed E-state index contributed by atoms with van der Waals surface area (Å²) < 4.78 is 0. The van der Waals surface area contributed by atoms with Crippen LogP contribution in [0, 0.1) is 29.6 Å². The van der Waals surface area contributed by atoms with E-state index in [1.54, 1.807) is 0 Å². The van der Waals surface area contributed by atoms with Crippen molar-refractivity contribution in [3.05, 3.63) is 0 Å². The molecule has 0 aliphatic heterocycles. The number of aliphatic hydroxyl groups is 2. The summed E-state index contributed by atoms with van der Waals surface area (Å²) in [5.41, 5.74) is 0. The third-order valence-corrected chi connectivity index (χ3v) is 5.21. The van der Waals surface area contributed by atoms with Crippen molar-refractivity contribution in [1.82, 2.24) is 0 Å². The lowest BCUT2D eigenvalue weighted by atomic mass is 9.71. The van der Waals surface area contributed by atoms with Gasteiger partial charge in [-0.2, -0.15) is 0 Å². The summed E-state index contributed by atoms with van der Waals surface area (Å²) in [4.78, 5) is 0. The molecule has 0 aromatic rings. The number of hydrogen-bond donors (Lipinski definition) is 2. The summed E-state index contributed by atoms with van der Waals surface area (Å²) >= 11 is 0. The van der Waals surface area contributed by atoms with Crippen LogP contribution in [0.25, 0.3) is 0 Å². The summed E-state index contributed by atoms with van der Waals surface area (Å²) in [6.07, 6.45) is 5.50. The van der Waals surface area contributed by atoms with Crippen LogP contribution in [0.3, 0.4) is 0 Å². The van der Waals surface area contributed by atoms with Crippen molar-refractivity contribution in [1.29, 1.82) is 0 Å². The summed E-state index contributed by atoms with van der Waals surface area (Å²) in [5, 5.41) is 19.5. The van der Waals surface area contributed by atoms with E-state index >= 15 is 0 Å². The summed E-state index contributed by atoms with van der Waals surface area (Å²) in [5.74, 6) is 3.12. The summed E-state index contributed by atoms with van der Waals surface area (Å²) in [7, 11) is 0. The van der Waals surface area contributed by atoms with Gasteiger partial charge in [0.05, 0.1) is 6.10 Å². The molecule has 0 aromatic carbocycles. The largest absolute Gasteiger partial charge is 0.396 e. The fourth-order valence-electron chi connectivity index (χ4n) is 3.99. The van der Waals surface area contributed by atoms with Gasteiger partial charge in [0.15, 0.2) is 0 Å². The second kappa shape index (κ2) is 5.05. The van der Waals surface area contributed by atoms with E-state index in [1.165, 1.54) is 12.8 Å². The van der Waals surface area contributed by atoms with E-state index in [-0.39, 0.29) is 6.10 Å². The smallest absolute Gasteiger partial charge is 0.0566 e. The quantitative estimate of drug-likeness (QED) is 0.721. The van der Waals surface area contributed by atoms with Crippen LogP contribution in [0.2, 0.25) is 0 Å². The van der Waals surface area contributed by atoms with E-state index in [0.717, 1.165) is 37.0 Å². The minimum atomic E-state index is -0.150. The molecule has 94 valence electrons. The molecule has 0 amide bonds. The van der Waals surface area contributed by atoms with Gasteiger partial charge in [0.2, 0.25) is 0 Å². The van der Waals surface area contributed by atoms with Gasteiger partial charge >= 0.3 is 0 Å². The van der Waals surface area contributed by atoms with E-state index in [1.807, 2.05) is 0 Å². The molecule has 0 spiro atoms. The molecule has 2 heteroatoms. The first-order valence-electron chi connectivity index (χ1n) is 6.92. The van der Waals surface area contributed by atoms with Gasteiger partial charge < -0.3 is 10.2 Å². The van der Waals surface area contributed by atoms with Crippen molar-refractivity contribution in [2.75, 3.05) is 6.61 Å². The van der Waals surface area contributed by atoms with E-state index in [4.69, 9.17) is 0 Å². The first-order valence-corrected chi connectivity index (χ1v) is 6.92. The maximum atomic E-state index is 10.0. The van der Waals surface area contributed by atoms with Crippen molar-refractivity contribution in [2.45, 2.75) is 52.1 Å². The molecule has 2 saturated carbocycles. The Hall–Kier alpha value is -0.0800. The van der Waals surface area contributed by atoms with E-state index in [0.29, 0.717) is 18.4 Å². The minimum Gasteiger partial charge on any atom is -0.396 e. The van der Waals surface area contributed by atoms with Crippen LogP contribution in [0.5, 0.6) is 0 Å². The first-order chi connectivity index (χ1) is 7.63. The average Bonchev–Trinajstić information content (AvgIpc) is 2.60. The number of rotatable bonds is 1. The van der Waals surface area contributed by atoms with Crippen LogP contribution in [0.15, 0.2) is 0 Å². The average molecular weight is 226 g/mol. The van der Waals surface area contributed by atoms with E-state index < -0.39 is 0 Å². The molecule has 16 heavy (non-hydrogen) atoms.